The van der Waals surface area contributed by atoms with Crippen LogP contribution in [0.1, 0.15) is 10.8 Å². The fourth-order valence-corrected chi connectivity index (χ4v) is 2.55. The molecule has 0 radical (unpaired) electrons. The first-order valence-corrected chi connectivity index (χ1v) is 6.89. The minimum Gasteiger partial charge on any atom is -0.486 e. The molecule has 0 aliphatic heterocycles. The van der Waals surface area contributed by atoms with E-state index in [4.69, 9.17) is 4.74 Å². The van der Waals surface area contributed by atoms with Gasteiger partial charge >= 0.3 is 0 Å². The zero-order valence-corrected chi connectivity index (χ0v) is 11.9. The number of aromatic nitrogens is 4. The highest BCUT2D eigenvalue weighted by molar-refractivity contribution is 9.10. The van der Waals surface area contributed by atoms with Crippen molar-refractivity contribution >= 4 is 32.2 Å². The Hall–Kier alpha value is -1.47. The van der Waals surface area contributed by atoms with Gasteiger partial charge in [0.15, 0.2) is 10.8 Å². The van der Waals surface area contributed by atoms with E-state index in [-0.39, 0.29) is 0 Å². The zero-order valence-electron chi connectivity index (χ0n) is 9.50. The predicted molar refractivity (Wildman–Crippen MR) is 71.9 cm³/mol. The second kappa shape index (κ2) is 4.66. The molecule has 0 amide bonds. The molecule has 0 fully saturated rings. The number of hydrogen-bond acceptors (Lipinski definition) is 5. The molecule has 5 nitrogen and oxygen atoms in total. The number of benzene rings is 1. The molecular formula is C11H9BrN4OS. The van der Waals surface area contributed by atoms with Crippen LogP contribution in [-0.2, 0) is 6.61 Å². The topological polar surface area (TPSA) is 52.3 Å². The van der Waals surface area contributed by atoms with E-state index in [0.717, 1.165) is 26.0 Å². The summed E-state index contributed by atoms with van der Waals surface area (Å²) in [5, 5.41) is 13.2. The highest BCUT2D eigenvalue weighted by atomic mass is 79.9. The van der Waals surface area contributed by atoms with Crippen molar-refractivity contribution in [1.29, 1.82) is 0 Å². The van der Waals surface area contributed by atoms with Crippen LogP contribution >= 0.6 is 27.3 Å². The first-order valence-electron chi connectivity index (χ1n) is 5.28. The van der Waals surface area contributed by atoms with E-state index in [1.807, 2.05) is 31.2 Å². The van der Waals surface area contributed by atoms with Gasteiger partial charge in [0.1, 0.15) is 12.4 Å². The summed E-state index contributed by atoms with van der Waals surface area (Å²) in [5.74, 6) is 1.61. The Kier molecular flexibility index (Phi) is 3.00. The minimum atomic E-state index is 0.440. The van der Waals surface area contributed by atoms with Crippen LogP contribution in [0.2, 0.25) is 0 Å². The molecule has 18 heavy (non-hydrogen) atoms. The average Bonchev–Trinajstić information content (AvgIpc) is 2.91. The van der Waals surface area contributed by atoms with Gasteiger partial charge in [0, 0.05) is 4.47 Å². The molecule has 0 aliphatic carbocycles. The summed E-state index contributed by atoms with van der Waals surface area (Å²) >= 11 is 4.87. The molecule has 0 atom stereocenters. The van der Waals surface area contributed by atoms with Crippen molar-refractivity contribution in [3.63, 3.8) is 0 Å². The van der Waals surface area contributed by atoms with E-state index in [2.05, 4.69) is 31.2 Å². The predicted octanol–water partition coefficient (Wildman–Crippen LogP) is 2.84. The van der Waals surface area contributed by atoms with Crippen LogP contribution in [0.15, 0.2) is 28.7 Å². The number of aryl methyl sites for hydroxylation is 1. The molecule has 2 heterocycles. The van der Waals surface area contributed by atoms with Crippen LogP contribution in [0.4, 0.5) is 0 Å². The van der Waals surface area contributed by atoms with E-state index < -0.39 is 0 Å². The largest absolute Gasteiger partial charge is 0.486 e. The lowest BCUT2D eigenvalue weighted by Crippen LogP contribution is -1.97. The quantitative estimate of drug-likeness (QED) is 0.743. The molecule has 0 saturated carbocycles. The van der Waals surface area contributed by atoms with Gasteiger partial charge in [-0.1, -0.05) is 27.3 Å². The number of hydrogen-bond donors (Lipinski definition) is 0. The minimum absolute atomic E-state index is 0.440. The van der Waals surface area contributed by atoms with Crippen molar-refractivity contribution in [3.8, 4) is 5.75 Å². The molecule has 0 aliphatic rings. The monoisotopic (exact) mass is 324 g/mol. The fraction of sp³-hybridized carbons (Fsp3) is 0.182. The smallest absolute Gasteiger partial charge is 0.234 e. The summed E-state index contributed by atoms with van der Waals surface area (Å²) in [6.45, 7) is 2.31. The Bertz CT molecular complexity index is 676. The number of ether oxygens (including phenoxy) is 1. The van der Waals surface area contributed by atoms with Crippen LogP contribution in [0, 0.1) is 6.92 Å². The molecule has 0 bridgehead atoms. The van der Waals surface area contributed by atoms with Crippen LogP contribution in [0.3, 0.4) is 0 Å². The van der Waals surface area contributed by atoms with Crippen LogP contribution < -0.4 is 4.74 Å². The molecule has 0 N–H and O–H groups in total. The van der Waals surface area contributed by atoms with Gasteiger partial charge in [-0.3, -0.25) is 0 Å². The van der Waals surface area contributed by atoms with Crippen molar-refractivity contribution in [3.05, 3.63) is 39.6 Å². The first kappa shape index (κ1) is 11.6. The fourth-order valence-electron chi connectivity index (χ4n) is 1.49. The third-order valence-corrected chi connectivity index (χ3v) is 3.77. The lowest BCUT2D eigenvalue weighted by atomic mass is 10.3. The van der Waals surface area contributed by atoms with E-state index in [1.54, 1.807) is 4.52 Å². The molecule has 1 aromatic carbocycles. The van der Waals surface area contributed by atoms with Gasteiger partial charge in [0.05, 0.1) is 0 Å². The van der Waals surface area contributed by atoms with Crippen LogP contribution in [-0.4, -0.2) is 19.8 Å². The first-order chi connectivity index (χ1) is 8.72. The summed E-state index contributed by atoms with van der Waals surface area (Å²) < 4.78 is 8.41. The lowest BCUT2D eigenvalue weighted by Gasteiger charge is -2.02. The highest BCUT2D eigenvalue weighted by Crippen LogP contribution is 2.19. The van der Waals surface area contributed by atoms with Gasteiger partial charge in [-0.05, 0) is 31.2 Å². The van der Waals surface area contributed by atoms with E-state index in [9.17, 15) is 0 Å². The van der Waals surface area contributed by atoms with Crippen molar-refractivity contribution in [2.24, 2.45) is 0 Å². The van der Waals surface area contributed by atoms with Crippen molar-refractivity contribution in [2.75, 3.05) is 0 Å². The maximum absolute atomic E-state index is 5.65. The normalized spacial score (nSPS) is 11.0. The van der Waals surface area contributed by atoms with Gasteiger partial charge in [0.25, 0.3) is 0 Å². The van der Waals surface area contributed by atoms with Crippen molar-refractivity contribution < 1.29 is 4.74 Å². The van der Waals surface area contributed by atoms with E-state index in [0.29, 0.717) is 6.61 Å². The Labute approximate surface area is 116 Å². The van der Waals surface area contributed by atoms with Gasteiger partial charge < -0.3 is 4.74 Å². The summed E-state index contributed by atoms with van der Waals surface area (Å²) in [4.78, 5) is 0.793. The molecule has 0 saturated heterocycles. The average molecular weight is 325 g/mol. The summed E-state index contributed by atoms with van der Waals surface area (Å²) in [6, 6.07) is 7.71. The number of halogens is 1. The zero-order chi connectivity index (χ0) is 12.5. The third-order valence-electron chi connectivity index (χ3n) is 2.36. The second-order valence-electron chi connectivity index (χ2n) is 3.68. The maximum Gasteiger partial charge on any atom is 0.234 e. The Morgan fingerprint density at radius 3 is 2.78 bits per heavy atom. The molecule has 3 rings (SSSR count). The van der Waals surface area contributed by atoms with E-state index >= 15 is 0 Å². The molecule has 0 spiro atoms. The van der Waals surface area contributed by atoms with Crippen molar-refractivity contribution in [2.45, 2.75) is 13.5 Å². The number of nitrogens with zero attached hydrogens (tertiary/aromatic N) is 4. The molecule has 7 heteroatoms. The van der Waals surface area contributed by atoms with Gasteiger partial charge in [-0.2, -0.15) is 9.61 Å². The Balaban J connectivity index is 1.74. The molecule has 0 unspecified atom stereocenters. The standard InChI is InChI=1S/C11H9BrN4OS/c1-7-13-14-11-16(7)15-10(18-11)6-17-9-4-2-8(12)3-5-9/h2-5H,6H2,1H3. The van der Waals surface area contributed by atoms with Crippen molar-refractivity contribution in [1.82, 2.24) is 19.8 Å². The van der Waals surface area contributed by atoms with Gasteiger partial charge in [0.2, 0.25) is 4.96 Å². The number of rotatable bonds is 3. The van der Waals surface area contributed by atoms with Gasteiger partial charge in [-0.15, -0.1) is 10.2 Å². The summed E-state index contributed by atoms with van der Waals surface area (Å²) in [6.07, 6.45) is 0. The lowest BCUT2D eigenvalue weighted by molar-refractivity contribution is 0.304. The van der Waals surface area contributed by atoms with Gasteiger partial charge in [-0.25, -0.2) is 0 Å². The number of fused-ring (bicyclic) bond motifs is 1. The summed E-state index contributed by atoms with van der Waals surface area (Å²) in [7, 11) is 0. The Morgan fingerprint density at radius 2 is 2.06 bits per heavy atom. The SMILES string of the molecule is Cc1nnc2sc(COc3ccc(Br)cc3)nn12. The second-order valence-corrected chi connectivity index (χ2v) is 5.64. The van der Waals surface area contributed by atoms with E-state index in [1.165, 1.54) is 11.3 Å². The molecule has 2 aromatic heterocycles. The van der Waals surface area contributed by atoms with Crippen LogP contribution in [0.5, 0.6) is 5.75 Å². The maximum atomic E-state index is 5.65. The molecule has 92 valence electrons. The highest BCUT2D eigenvalue weighted by Gasteiger charge is 2.08. The summed E-state index contributed by atoms with van der Waals surface area (Å²) in [5.41, 5.74) is 0. The van der Waals surface area contributed by atoms with Crippen LogP contribution in [0.25, 0.3) is 4.96 Å². The molecular weight excluding hydrogens is 316 g/mol. The third kappa shape index (κ3) is 2.23. The Morgan fingerprint density at radius 1 is 1.28 bits per heavy atom. The molecule has 3 aromatic rings.